The van der Waals surface area contributed by atoms with Gasteiger partial charge in [0.25, 0.3) is 5.92 Å². The second-order valence-corrected chi connectivity index (χ2v) is 7.65. The minimum Gasteiger partial charge on any atom is -0.360 e. The summed E-state index contributed by atoms with van der Waals surface area (Å²) in [6, 6.07) is 6.05. The molecule has 3 aromatic heterocycles. The van der Waals surface area contributed by atoms with Gasteiger partial charge in [-0.1, -0.05) is 13.8 Å². The lowest BCUT2D eigenvalue weighted by molar-refractivity contribution is -0.0266. The monoisotopic (exact) mass is 370 g/mol. The summed E-state index contributed by atoms with van der Waals surface area (Å²) in [6.07, 6.45) is 2.88. The van der Waals surface area contributed by atoms with Crippen molar-refractivity contribution in [2.24, 2.45) is 0 Å². The summed E-state index contributed by atoms with van der Waals surface area (Å²) in [6.45, 7) is 7.63. The quantitative estimate of drug-likeness (QED) is 0.686. The Morgan fingerprint density at radius 2 is 1.93 bits per heavy atom. The molecule has 27 heavy (non-hydrogen) atoms. The molecular formula is C21H24F2N4. The first kappa shape index (κ1) is 17.9. The predicted molar refractivity (Wildman–Crippen MR) is 105 cm³/mol. The highest BCUT2D eigenvalue weighted by atomic mass is 19.3. The molecule has 0 aliphatic carbocycles. The Hall–Kier alpha value is -2.50. The van der Waals surface area contributed by atoms with Crippen LogP contribution in [0.5, 0.6) is 0 Å². The first-order chi connectivity index (χ1) is 12.8. The van der Waals surface area contributed by atoms with Crippen LogP contribution in [-0.2, 0) is 0 Å². The normalized spacial score (nSPS) is 17.2. The van der Waals surface area contributed by atoms with E-state index in [1.54, 1.807) is 4.90 Å². The molecule has 0 saturated carbocycles. The fourth-order valence-electron chi connectivity index (χ4n) is 3.59. The number of aromatic amines is 1. The molecule has 3 aromatic rings. The lowest BCUT2D eigenvalue weighted by Crippen LogP contribution is -2.56. The molecule has 4 heterocycles. The van der Waals surface area contributed by atoms with Gasteiger partial charge in [0.2, 0.25) is 0 Å². The van der Waals surface area contributed by atoms with E-state index in [1.165, 1.54) is 0 Å². The number of pyridine rings is 2. The molecule has 1 fully saturated rings. The number of halogens is 2. The van der Waals surface area contributed by atoms with E-state index < -0.39 is 5.92 Å². The van der Waals surface area contributed by atoms with E-state index in [-0.39, 0.29) is 19.0 Å². The van der Waals surface area contributed by atoms with Crippen molar-refractivity contribution in [2.75, 3.05) is 18.0 Å². The maximum Gasteiger partial charge on any atom is 0.282 e. The fraction of sp³-hybridized carbons (Fsp3) is 0.429. The van der Waals surface area contributed by atoms with Gasteiger partial charge in [0.05, 0.1) is 29.8 Å². The number of rotatable bonds is 4. The highest BCUT2D eigenvalue weighted by molar-refractivity contribution is 5.86. The van der Waals surface area contributed by atoms with E-state index in [9.17, 15) is 8.78 Å². The third kappa shape index (κ3) is 3.07. The van der Waals surface area contributed by atoms with Gasteiger partial charge in [-0.25, -0.2) is 18.7 Å². The molecule has 1 aliphatic rings. The minimum atomic E-state index is -2.64. The van der Waals surface area contributed by atoms with E-state index in [4.69, 9.17) is 9.97 Å². The zero-order valence-corrected chi connectivity index (χ0v) is 16.1. The predicted octanol–water partition coefficient (Wildman–Crippen LogP) is 5.21. The zero-order chi connectivity index (χ0) is 19.3. The largest absolute Gasteiger partial charge is 0.360 e. The lowest BCUT2D eigenvalue weighted by Gasteiger charge is -2.40. The Morgan fingerprint density at radius 3 is 2.59 bits per heavy atom. The number of aryl methyl sites for hydroxylation is 2. The van der Waals surface area contributed by atoms with Crippen molar-refractivity contribution in [1.82, 2.24) is 15.0 Å². The number of alkyl halides is 2. The molecule has 0 spiro atoms. The smallest absolute Gasteiger partial charge is 0.282 e. The van der Waals surface area contributed by atoms with Crippen molar-refractivity contribution < 1.29 is 8.78 Å². The third-order valence-corrected chi connectivity index (χ3v) is 5.44. The van der Waals surface area contributed by atoms with Crippen LogP contribution in [0.25, 0.3) is 22.3 Å². The number of H-pyrrole nitrogens is 1. The van der Waals surface area contributed by atoms with Gasteiger partial charge < -0.3 is 9.88 Å². The zero-order valence-electron chi connectivity index (χ0n) is 16.1. The van der Waals surface area contributed by atoms with Crippen LogP contribution in [0.2, 0.25) is 0 Å². The van der Waals surface area contributed by atoms with Crippen LogP contribution >= 0.6 is 0 Å². The Kier molecular flexibility index (Phi) is 4.17. The van der Waals surface area contributed by atoms with Crippen molar-refractivity contribution in [3.05, 3.63) is 41.2 Å². The number of hydrogen-bond acceptors (Lipinski definition) is 3. The SMILES string of the molecule is CCC(C)c1ccc(-c2nc3c(C)c[nH]c3cc2C)c(N2CC(F)(F)C2)n1. The molecule has 142 valence electrons. The van der Waals surface area contributed by atoms with Gasteiger partial charge in [-0.2, -0.15) is 0 Å². The molecule has 4 nitrogen and oxygen atoms in total. The summed E-state index contributed by atoms with van der Waals surface area (Å²) in [5, 5.41) is 0. The summed E-state index contributed by atoms with van der Waals surface area (Å²) in [7, 11) is 0. The molecule has 1 saturated heterocycles. The number of aromatic nitrogens is 3. The van der Waals surface area contributed by atoms with Crippen LogP contribution in [0.3, 0.4) is 0 Å². The van der Waals surface area contributed by atoms with Crippen molar-refractivity contribution in [3.8, 4) is 11.3 Å². The number of anilines is 1. The topological polar surface area (TPSA) is 44.8 Å². The molecular weight excluding hydrogens is 346 g/mol. The molecule has 1 aliphatic heterocycles. The van der Waals surface area contributed by atoms with Gasteiger partial charge in [-0.05, 0) is 55.5 Å². The minimum absolute atomic E-state index is 0.281. The Labute approximate surface area is 157 Å². The fourth-order valence-corrected chi connectivity index (χ4v) is 3.59. The number of hydrogen-bond donors (Lipinski definition) is 1. The number of fused-ring (bicyclic) bond motifs is 1. The molecule has 4 rings (SSSR count). The molecule has 0 radical (unpaired) electrons. The molecule has 6 heteroatoms. The maximum absolute atomic E-state index is 13.5. The summed E-state index contributed by atoms with van der Waals surface area (Å²) in [5.74, 6) is -1.75. The first-order valence-electron chi connectivity index (χ1n) is 9.38. The molecule has 0 aromatic carbocycles. The molecule has 1 atom stereocenters. The van der Waals surface area contributed by atoms with Gasteiger partial charge in [0.1, 0.15) is 5.82 Å². The van der Waals surface area contributed by atoms with Crippen molar-refractivity contribution in [2.45, 2.75) is 46.0 Å². The van der Waals surface area contributed by atoms with E-state index >= 15 is 0 Å². The van der Waals surface area contributed by atoms with Gasteiger partial charge in [0.15, 0.2) is 0 Å². The second kappa shape index (κ2) is 6.29. The third-order valence-electron chi connectivity index (χ3n) is 5.44. The Balaban J connectivity index is 1.87. The second-order valence-electron chi connectivity index (χ2n) is 7.65. The molecule has 1 N–H and O–H groups in total. The van der Waals surface area contributed by atoms with Crippen molar-refractivity contribution >= 4 is 16.9 Å². The van der Waals surface area contributed by atoms with Crippen LogP contribution in [0.4, 0.5) is 14.6 Å². The average molecular weight is 370 g/mol. The van der Waals surface area contributed by atoms with Crippen LogP contribution in [-0.4, -0.2) is 34.0 Å². The van der Waals surface area contributed by atoms with E-state index in [2.05, 4.69) is 24.9 Å². The Bertz CT molecular complexity index is 1000. The first-order valence-corrected chi connectivity index (χ1v) is 9.38. The van der Waals surface area contributed by atoms with Crippen LogP contribution in [0, 0.1) is 13.8 Å². The van der Waals surface area contributed by atoms with E-state index in [1.807, 2.05) is 32.2 Å². The Morgan fingerprint density at radius 1 is 1.19 bits per heavy atom. The van der Waals surface area contributed by atoms with Gasteiger partial charge in [-0.15, -0.1) is 0 Å². The van der Waals surface area contributed by atoms with Crippen LogP contribution < -0.4 is 4.90 Å². The van der Waals surface area contributed by atoms with Gasteiger partial charge in [-0.3, -0.25) is 0 Å². The maximum atomic E-state index is 13.5. The molecule has 0 bridgehead atoms. The highest BCUT2D eigenvalue weighted by Gasteiger charge is 2.45. The van der Waals surface area contributed by atoms with Crippen molar-refractivity contribution in [1.29, 1.82) is 0 Å². The van der Waals surface area contributed by atoms with E-state index in [0.29, 0.717) is 5.82 Å². The summed E-state index contributed by atoms with van der Waals surface area (Å²) in [5.41, 5.74) is 6.50. The van der Waals surface area contributed by atoms with Crippen LogP contribution in [0.15, 0.2) is 24.4 Å². The summed E-state index contributed by atoms with van der Waals surface area (Å²) < 4.78 is 27.1. The van der Waals surface area contributed by atoms with E-state index in [0.717, 1.165) is 45.5 Å². The number of nitrogens with one attached hydrogen (secondary N) is 1. The standard InChI is InChI=1S/C21H24F2N4/c1-5-12(2)16-7-6-15(20(25-16)27-10-21(22,23)11-27)18-13(3)8-17-19(26-18)14(4)9-24-17/h6-9,12,24H,5,10-11H2,1-4H3. The molecule has 0 amide bonds. The summed E-state index contributed by atoms with van der Waals surface area (Å²) in [4.78, 5) is 14.5. The number of nitrogens with zero attached hydrogens (tertiary/aromatic N) is 3. The van der Waals surface area contributed by atoms with Gasteiger partial charge in [0, 0.05) is 17.5 Å². The molecule has 1 unspecified atom stereocenters. The highest BCUT2D eigenvalue weighted by Crippen LogP contribution is 2.39. The lowest BCUT2D eigenvalue weighted by atomic mass is 9.99. The summed E-state index contributed by atoms with van der Waals surface area (Å²) >= 11 is 0. The van der Waals surface area contributed by atoms with Gasteiger partial charge >= 0.3 is 0 Å². The van der Waals surface area contributed by atoms with Crippen molar-refractivity contribution in [3.63, 3.8) is 0 Å². The van der Waals surface area contributed by atoms with Crippen LogP contribution in [0.1, 0.15) is 43.0 Å². The average Bonchev–Trinajstić information content (AvgIpc) is 2.97.